The van der Waals surface area contributed by atoms with Crippen molar-refractivity contribution in [2.24, 2.45) is 0 Å². The average molecular weight is 271 g/mol. The molecule has 0 aromatic rings. The topological polar surface area (TPSA) is 87.0 Å². The molecule has 16 heavy (non-hydrogen) atoms. The molecule has 0 aromatic carbocycles. The van der Waals surface area contributed by atoms with Gasteiger partial charge in [0, 0.05) is 39.1 Å². The molecule has 0 aromatic heterocycles. The fourth-order valence-corrected chi connectivity index (χ4v) is 5.97. The highest BCUT2D eigenvalue weighted by Crippen LogP contribution is 2.63. The molecule has 0 rings (SSSR count). The van der Waals surface area contributed by atoms with Crippen molar-refractivity contribution in [3.8, 4) is 0 Å². The molecule has 0 unspecified atom stereocenters. The summed E-state index contributed by atoms with van der Waals surface area (Å²) >= 11 is 0. The van der Waals surface area contributed by atoms with E-state index in [0.717, 1.165) is 0 Å². The Morgan fingerprint density at radius 1 is 0.875 bits per heavy atom. The Balaban J connectivity index is 4.37. The molecular formula is C9H21O5P2+. The molecule has 0 atom stereocenters. The highest BCUT2D eigenvalue weighted by molar-refractivity contribution is 7.74. The predicted molar refractivity (Wildman–Crippen MR) is 65.3 cm³/mol. The minimum absolute atomic E-state index is 0.0824. The van der Waals surface area contributed by atoms with Crippen molar-refractivity contribution >= 4 is 16.2 Å². The summed E-state index contributed by atoms with van der Waals surface area (Å²) in [6.45, 7) is 0.247. The maximum atomic E-state index is 10.6. The SMILES string of the molecule is O=PO[P+](CCCO)(CCCO)CCCO. The summed E-state index contributed by atoms with van der Waals surface area (Å²) in [5.41, 5.74) is 0. The Morgan fingerprint density at radius 3 is 1.50 bits per heavy atom. The van der Waals surface area contributed by atoms with E-state index in [9.17, 15) is 4.57 Å². The molecule has 0 radical (unpaired) electrons. The third kappa shape index (κ3) is 6.85. The second-order valence-corrected chi connectivity index (χ2v) is 7.88. The van der Waals surface area contributed by atoms with E-state index in [1.807, 2.05) is 0 Å². The molecule has 0 aliphatic rings. The number of aliphatic hydroxyl groups excluding tert-OH is 3. The monoisotopic (exact) mass is 271 g/mol. The van der Waals surface area contributed by atoms with Gasteiger partial charge in [0.1, 0.15) is 0 Å². The van der Waals surface area contributed by atoms with Gasteiger partial charge >= 0.3 is 8.69 Å². The second-order valence-electron chi connectivity index (χ2n) is 3.62. The van der Waals surface area contributed by atoms with Crippen LogP contribution < -0.4 is 0 Å². The van der Waals surface area contributed by atoms with E-state index in [0.29, 0.717) is 37.7 Å². The van der Waals surface area contributed by atoms with Crippen molar-refractivity contribution in [3.05, 3.63) is 0 Å². The molecule has 0 fully saturated rings. The standard InChI is InChI=1S/C9H21O5P2/c10-4-1-7-16(14-15-13,8-2-5-11)9-3-6-12/h10-12H,1-9H2/q+1. The highest BCUT2D eigenvalue weighted by Gasteiger charge is 2.39. The van der Waals surface area contributed by atoms with Crippen LogP contribution in [0.2, 0.25) is 0 Å². The van der Waals surface area contributed by atoms with Gasteiger partial charge in [-0.25, -0.2) is 4.57 Å². The van der Waals surface area contributed by atoms with E-state index in [1.165, 1.54) is 0 Å². The predicted octanol–water partition coefficient (Wildman–Crippen LogP) is 1.29. The first-order valence-electron chi connectivity index (χ1n) is 5.45. The molecule has 0 spiro atoms. The number of hydrogen-bond donors (Lipinski definition) is 3. The van der Waals surface area contributed by atoms with E-state index < -0.39 is 7.49 Å². The molecule has 0 saturated heterocycles. The zero-order valence-electron chi connectivity index (χ0n) is 9.42. The Bertz CT molecular complexity index is 158. The smallest absolute Gasteiger partial charge is 0.368 e. The number of rotatable bonds is 11. The van der Waals surface area contributed by atoms with Crippen molar-refractivity contribution in [1.29, 1.82) is 0 Å². The van der Waals surface area contributed by atoms with Gasteiger partial charge in [-0.2, -0.15) is 0 Å². The molecule has 0 aliphatic carbocycles. The Labute approximate surface area is 98.5 Å². The van der Waals surface area contributed by atoms with Crippen molar-refractivity contribution in [1.82, 2.24) is 0 Å². The first-order valence-corrected chi connectivity index (χ1v) is 8.44. The van der Waals surface area contributed by atoms with Crippen molar-refractivity contribution < 1.29 is 24.2 Å². The van der Waals surface area contributed by atoms with Crippen molar-refractivity contribution in [3.63, 3.8) is 0 Å². The lowest BCUT2D eigenvalue weighted by molar-refractivity contribution is 0.289. The van der Waals surface area contributed by atoms with Crippen LogP contribution in [0.4, 0.5) is 0 Å². The van der Waals surface area contributed by atoms with E-state index in [1.54, 1.807) is 0 Å². The van der Waals surface area contributed by atoms with Gasteiger partial charge in [-0.05, 0) is 0 Å². The Morgan fingerprint density at radius 2 is 1.25 bits per heavy atom. The zero-order chi connectivity index (χ0) is 12.3. The van der Waals surface area contributed by atoms with E-state index in [-0.39, 0.29) is 28.5 Å². The summed E-state index contributed by atoms with van der Waals surface area (Å²) < 4.78 is 16.0. The first-order chi connectivity index (χ1) is 7.74. The summed E-state index contributed by atoms with van der Waals surface area (Å²) in [6, 6.07) is 0. The fourth-order valence-electron chi connectivity index (χ4n) is 1.61. The average Bonchev–Trinajstić information content (AvgIpc) is 2.31. The fraction of sp³-hybridized carbons (Fsp3) is 1.00. The minimum Gasteiger partial charge on any atom is -0.396 e. The summed E-state index contributed by atoms with van der Waals surface area (Å²) in [4.78, 5) is 0. The van der Waals surface area contributed by atoms with Crippen LogP contribution in [0.3, 0.4) is 0 Å². The summed E-state index contributed by atoms with van der Waals surface area (Å²) in [5, 5.41) is 26.5. The molecule has 0 saturated carbocycles. The van der Waals surface area contributed by atoms with Crippen LogP contribution in [-0.2, 0) is 8.88 Å². The lowest BCUT2D eigenvalue weighted by Gasteiger charge is -2.21. The van der Waals surface area contributed by atoms with Gasteiger partial charge in [0.15, 0.2) is 7.49 Å². The van der Waals surface area contributed by atoms with Gasteiger partial charge in [0.2, 0.25) is 0 Å². The third-order valence-electron chi connectivity index (χ3n) is 2.38. The van der Waals surface area contributed by atoms with Gasteiger partial charge in [0.05, 0.1) is 18.5 Å². The van der Waals surface area contributed by atoms with Gasteiger partial charge in [-0.1, -0.05) is 0 Å². The van der Waals surface area contributed by atoms with E-state index >= 15 is 0 Å². The Hall–Kier alpha value is 0.370. The number of hydrogen-bond acceptors (Lipinski definition) is 5. The minimum atomic E-state index is -1.85. The molecule has 0 amide bonds. The molecule has 7 heteroatoms. The maximum Gasteiger partial charge on any atom is 0.368 e. The largest absolute Gasteiger partial charge is 0.396 e. The van der Waals surface area contributed by atoms with Crippen molar-refractivity contribution in [2.45, 2.75) is 19.3 Å². The lowest BCUT2D eigenvalue weighted by Crippen LogP contribution is -2.12. The van der Waals surface area contributed by atoms with E-state index in [2.05, 4.69) is 0 Å². The van der Waals surface area contributed by atoms with Crippen molar-refractivity contribution in [2.75, 3.05) is 38.3 Å². The zero-order valence-corrected chi connectivity index (χ0v) is 11.2. The molecule has 96 valence electrons. The van der Waals surface area contributed by atoms with Crippen LogP contribution in [0.5, 0.6) is 0 Å². The van der Waals surface area contributed by atoms with Crippen LogP contribution >= 0.6 is 16.2 Å². The van der Waals surface area contributed by atoms with E-state index in [4.69, 9.17) is 19.6 Å². The van der Waals surface area contributed by atoms with Crippen LogP contribution in [0.25, 0.3) is 0 Å². The molecule has 3 N–H and O–H groups in total. The molecule has 0 heterocycles. The first kappa shape index (κ1) is 16.4. The third-order valence-corrected chi connectivity index (χ3v) is 7.42. The van der Waals surface area contributed by atoms with Crippen LogP contribution in [0.1, 0.15) is 19.3 Å². The van der Waals surface area contributed by atoms with Crippen LogP contribution in [0.15, 0.2) is 0 Å². The summed E-state index contributed by atoms with van der Waals surface area (Å²) in [5.74, 6) is 0. The summed E-state index contributed by atoms with van der Waals surface area (Å²) in [6.07, 6.45) is 3.91. The van der Waals surface area contributed by atoms with Crippen LogP contribution in [-0.4, -0.2) is 53.6 Å². The molecule has 5 nitrogen and oxygen atoms in total. The Kier molecular flexibility index (Phi) is 10.8. The van der Waals surface area contributed by atoms with Gasteiger partial charge < -0.3 is 15.3 Å². The van der Waals surface area contributed by atoms with Gasteiger partial charge in [-0.3, -0.25) is 0 Å². The normalized spacial score (nSPS) is 12.2. The molecular weight excluding hydrogens is 250 g/mol. The van der Waals surface area contributed by atoms with Gasteiger partial charge in [0.25, 0.3) is 0 Å². The summed E-state index contributed by atoms with van der Waals surface area (Å²) in [7, 11) is -2.19. The van der Waals surface area contributed by atoms with Gasteiger partial charge in [-0.15, -0.1) is 4.31 Å². The number of aliphatic hydroxyl groups is 3. The molecule has 0 bridgehead atoms. The molecule has 0 aliphatic heterocycles. The highest BCUT2D eigenvalue weighted by atomic mass is 31.2. The maximum absolute atomic E-state index is 10.6. The quantitative estimate of drug-likeness (QED) is 0.493. The van der Waals surface area contributed by atoms with Crippen LogP contribution in [0, 0.1) is 0 Å². The lowest BCUT2D eigenvalue weighted by atomic mass is 10.5. The second kappa shape index (κ2) is 10.5.